The number of hydrogen-bond donors (Lipinski definition) is 0. The Bertz CT molecular complexity index is 1100. The molecule has 1 atom stereocenters. The third kappa shape index (κ3) is 3.95. The number of rotatable bonds is 5. The lowest BCUT2D eigenvalue weighted by molar-refractivity contribution is -0.152. The van der Waals surface area contributed by atoms with Crippen LogP contribution in [0, 0.1) is 5.92 Å². The van der Waals surface area contributed by atoms with Crippen LogP contribution in [0.2, 0.25) is 0 Å². The number of fused-ring (bicyclic) bond motifs is 5. The highest BCUT2D eigenvalue weighted by Gasteiger charge is 2.45. The van der Waals surface area contributed by atoms with Crippen LogP contribution in [-0.2, 0) is 16.0 Å². The first-order valence-electron chi connectivity index (χ1n) is 12.0. The third-order valence-corrected chi connectivity index (χ3v) is 12.0. The average molecular weight is 459 g/mol. The number of hydrogen-bond acceptors (Lipinski definition) is 3. The van der Waals surface area contributed by atoms with Gasteiger partial charge in [-0.3, -0.25) is 4.79 Å². The van der Waals surface area contributed by atoms with Crippen molar-refractivity contribution in [3.8, 4) is 11.5 Å². The van der Waals surface area contributed by atoms with E-state index in [-0.39, 0.29) is 12.1 Å². The second-order valence-electron chi connectivity index (χ2n) is 9.66. The monoisotopic (exact) mass is 458 g/mol. The first-order valence-corrected chi connectivity index (χ1v) is 14.4. The number of benzene rings is 3. The molecule has 4 heterocycles. The van der Waals surface area contributed by atoms with Crippen LogP contribution in [0.25, 0.3) is 0 Å². The zero-order valence-electron chi connectivity index (χ0n) is 18.8. The van der Waals surface area contributed by atoms with Crippen molar-refractivity contribution in [2.75, 3.05) is 23.0 Å². The Morgan fingerprint density at radius 2 is 1.45 bits per heavy atom. The number of para-hydroxylation sites is 2. The third-order valence-electron chi connectivity index (χ3n) is 7.74. The largest absolute Gasteiger partial charge is 0.461 e. The molecule has 2 bridgehead atoms. The molecule has 0 radical (unpaired) electrons. The molecule has 33 heavy (non-hydrogen) atoms. The van der Waals surface area contributed by atoms with Crippen molar-refractivity contribution in [2.45, 2.75) is 31.3 Å². The quantitative estimate of drug-likeness (QED) is 0.421. The Morgan fingerprint density at radius 3 is 2.12 bits per heavy atom. The first kappa shape index (κ1) is 20.9. The van der Waals surface area contributed by atoms with E-state index in [0.29, 0.717) is 5.92 Å². The Labute approximate surface area is 197 Å². The SMILES string of the molecule is O=C(O[C@H]1CS2(CCc3ccccc3)CCC1CC2)C1c2ccccc2Oc2ccccc21. The Balaban J connectivity index is 1.22. The highest BCUT2D eigenvalue weighted by Crippen LogP contribution is 2.60. The van der Waals surface area contributed by atoms with E-state index in [0.717, 1.165) is 34.8 Å². The zero-order chi connectivity index (χ0) is 22.3. The minimum Gasteiger partial charge on any atom is -0.461 e. The molecule has 0 spiro atoms. The maximum atomic E-state index is 13.7. The predicted octanol–water partition coefficient (Wildman–Crippen LogP) is 6.31. The lowest BCUT2D eigenvalue weighted by Gasteiger charge is -2.54. The van der Waals surface area contributed by atoms with Gasteiger partial charge in [-0.05, 0) is 60.1 Å². The lowest BCUT2D eigenvalue weighted by Crippen LogP contribution is -2.46. The van der Waals surface area contributed by atoms with Gasteiger partial charge in [0.15, 0.2) is 0 Å². The Morgan fingerprint density at radius 1 is 0.848 bits per heavy atom. The van der Waals surface area contributed by atoms with E-state index in [1.165, 1.54) is 35.7 Å². The fourth-order valence-electron chi connectivity index (χ4n) is 5.85. The summed E-state index contributed by atoms with van der Waals surface area (Å²) in [5.41, 5.74) is 3.25. The Kier molecular flexibility index (Phi) is 5.41. The second-order valence-corrected chi connectivity index (χ2v) is 13.7. The highest BCUT2D eigenvalue weighted by molar-refractivity contribution is 8.33. The van der Waals surface area contributed by atoms with Gasteiger partial charge in [-0.15, -0.1) is 0 Å². The van der Waals surface area contributed by atoms with E-state index >= 15 is 0 Å². The smallest absolute Gasteiger partial charge is 0.318 e. The van der Waals surface area contributed by atoms with Gasteiger partial charge < -0.3 is 9.47 Å². The molecule has 7 rings (SSSR count). The summed E-state index contributed by atoms with van der Waals surface area (Å²) in [6.07, 6.45) is 3.63. The summed E-state index contributed by atoms with van der Waals surface area (Å²) in [5, 5.41) is 0. The highest BCUT2D eigenvalue weighted by atomic mass is 32.3. The minimum absolute atomic E-state index is 0.0629. The van der Waals surface area contributed by atoms with Crippen molar-refractivity contribution >= 4 is 16.0 Å². The molecule has 0 aliphatic carbocycles. The van der Waals surface area contributed by atoms with Crippen molar-refractivity contribution in [1.82, 2.24) is 0 Å². The summed E-state index contributed by atoms with van der Waals surface area (Å²) in [7, 11) is -0.716. The van der Waals surface area contributed by atoms with Gasteiger partial charge in [0, 0.05) is 16.9 Å². The van der Waals surface area contributed by atoms with Crippen LogP contribution in [0.1, 0.15) is 35.4 Å². The van der Waals surface area contributed by atoms with E-state index in [2.05, 4.69) is 30.3 Å². The lowest BCUT2D eigenvalue weighted by atomic mass is 9.88. The van der Waals surface area contributed by atoms with Crippen LogP contribution >= 0.6 is 10.0 Å². The summed E-state index contributed by atoms with van der Waals surface area (Å²) in [4.78, 5) is 13.7. The van der Waals surface area contributed by atoms with E-state index in [1.807, 2.05) is 48.5 Å². The van der Waals surface area contributed by atoms with Crippen LogP contribution < -0.4 is 4.74 Å². The zero-order valence-corrected chi connectivity index (χ0v) is 19.6. The maximum absolute atomic E-state index is 13.7. The maximum Gasteiger partial charge on any atom is 0.318 e. The second kappa shape index (κ2) is 8.57. The van der Waals surface area contributed by atoms with Crippen LogP contribution in [0.3, 0.4) is 0 Å². The summed E-state index contributed by atoms with van der Waals surface area (Å²) in [6, 6.07) is 26.6. The van der Waals surface area contributed by atoms with Crippen molar-refractivity contribution in [3.63, 3.8) is 0 Å². The predicted molar refractivity (Wildman–Crippen MR) is 135 cm³/mol. The molecule has 4 aliphatic rings. The minimum atomic E-state index is -0.716. The topological polar surface area (TPSA) is 35.5 Å². The molecule has 3 aromatic rings. The Hall–Kier alpha value is -2.72. The molecule has 4 aliphatic heterocycles. The van der Waals surface area contributed by atoms with Crippen LogP contribution in [0.5, 0.6) is 11.5 Å². The fraction of sp³-hybridized carbons (Fsp3) is 0.345. The standard InChI is InChI=1S/C29H30O3S/c30-29(28-23-10-4-6-12-25(23)31-26-13-7-5-11-24(26)28)32-27-20-33(18-15-22(27)16-19-33)17-14-21-8-2-1-3-9-21/h1-13,22,27-28H,14-20H2/t27-/m0/s1. The van der Waals surface area contributed by atoms with Crippen molar-refractivity contribution < 1.29 is 14.3 Å². The fourth-order valence-corrected chi connectivity index (χ4v) is 10.3. The number of carbonyl (C=O) groups excluding carboxylic acids is 1. The molecule has 3 saturated heterocycles. The summed E-state index contributed by atoms with van der Waals surface area (Å²) >= 11 is 0. The van der Waals surface area contributed by atoms with Gasteiger partial charge in [-0.2, -0.15) is 0 Å². The van der Waals surface area contributed by atoms with E-state index < -0.39 is 15.9 Å². The van der Waals surface area contributed by atoms with Gasteiger partial charge in [-0.1, -0.05) is 66.7 Å². The average Bonchev–Trinajstić information content (AvgIpc) is 2.87. The molecule has 3 aromatic carbocycles. The van der Waals surface area contributed by atoms with Gasteiger partial charge in [0.2, 0.25) is 0 Å². The summed E-state index contributed by atoms with van der Waals surface area (Å²) in [5.74, 6) is 6.55. The van der Waals surface area contributed by atoms with Crippen LogP contribution in [0.4, 0.5) is 0 Å². The number of carbonyl (C=O) groups is 1. The van der Waals surface area contributed by atoms with Crippen molar-refractivity contribution in [3.05, 3.63) is 95.6 Å². The molecular formula is C29H30O3S. The van der Waals surface area contributed by atoms with Crippen LogP contribution in [0.15, 0.2) is 78.9 Å². The number of ether oxygens (including phenoxy) is 2. The molecule has 0 aromatic heterocycles. The van der Waals surface area contributed by atoms with Gasteiger partial charge in [0.1, 0.15) is 23.5 Å². The van der Waals surface area contributed by atoms with Gasteiger partial charge in [-0.25, -0.2) is 10.0 Å². The van der Waals surface area contributed by atoms with Crippen molar-refractivity contribution in [2.24, 2.45) is 5.92 Å². The van der Waals surface area contributed by atoms with Crippen molar-refractivity contribution in [1.29, 1.82) is 0 Å². The summed E-state index contributed by atoms with van der Waals surface area (Å²) < 4.78 is 12.5. The van der Waals surface area contributed by atoms with Gasteiger partial charge >= 0.3 is 5.97 Å². The molecule has 0 amide bonds. The van der Waals surface area contributed by atoms with Gasteiger partial charge in [0.25, 0.3) is 0 Å². The molecule has 4 heteroatoms. The molecule has 3 nitrogen and oxygen atoms in total. The normalized spacial score (nSPS) is 27.5. The number of esters is 1. The molecule has 0 saturated carbocycles. The molecule has 0 unspecified atom stereocenters. The van der Waals surface area contributed by atoms with E-state index in [4.69, 9.17) is 9.47 Å². The van der Waals surface area contributed by atoms with E-state index in [9.17, 15) is 4.79 Å². The first-order chi connectivity index (χ1) is 16.2. The molecule has 170 valence electrons. The number of aryl methyl sites for hydroxylation is 1. The summed E-state index contributed by atoms with van der Waals surface area (Å²) in [6.45, 7) is 0. The molecular weight excluding hydrogens is 428 g/mol. The molecule has 3 fully saturated rings. The van der Waals surface area contributed by atoms with Gasteiger partial charge in [0.05, 0.1) is 0 Å². The molecule has 0 N–H and O–H groups in total. The van der Waals surface area contributed by atoms with E-state index in [1.54, 1.807) is 0 Å². The van der Waals surface area contributed by atoms with Crippen LogP contribution in [-0.4, -0.2) is 35.1 Å².